The number of carbonyl (C=O) groups is 2. The normalized spacial score (nSPS) is 25.4. The van der Waals surface area contributed by atoms with Gasteiger partial charge in [0.15, 0.2) is 0 Å². The molecule has 0 bridgehead atoms. The van der Waals surface area contributed by atoms with Gasteiger partial charge in [-0.25, -0.2) is 4.79 Å². The van der Waals surface area contributed by atoms with Crippen molar-refractivity contribution in [3.05, 3.63) is 71.4 Å². The highest BCUT2D eigenvalue weighted by Crippen LogP contribution is 2.22. The summed E-state index contributed by atoms with van der Waals surface area (Å²) in [6.45, 7) is 13.4. The number of allylic oxidation sites excluding steroid dienone is 9. The van der Waals surface area contributed by atoms with Crippen molar-refractivity contribution < 1.29 is 34.4 Å². The van der Waals surface area contributed by atoms with Crippen molar-refractivity contribution in [1.82, 2.24) is 0 Å². The van der Waals surface area contributed by atoms with Gasteiger partial charge in [-0.05, 0) is 58.8 Å². The summed E-state index contributed by atoms with van der Waals surface area (Å²) in [5, 5.41) is 29.3. The Morgan fingerprint density at radius 3 is 2.37 bits per heavy atom. The number of hydrogen-bond acceptors (Lipinski definition) is 7. The molecule has 0 unspecified atom stereocenters. The number of ether oxygens (including phenoxy) is 2. The second-order valence-corrected chi connectivity index (χ2v) is 11.6. The van der Waals surface area contributed by atoms with Crippen LogP contribution < -0.4 is 0 Å². The van der Waals surface area contributed by atoms with Crippen molar-refractivity contribution in [3.8, 4) is 0 Å². The third kappa shape index (κ3) is 16.3. The number of aliphatic hydroxyl groups is 3. The quantitative estimate of drug-likeness (QED) is 0.119. The lowest BCUT2D eigenvalue weighted by molar-refractivity contribution is -0.151. The summed E-state index contributed by atoms with van der Waals surface area (Å²) in [5.41, 5.74) is 2.62. The van der Waals surface area contributed by atoms with Crippen LogP contribution in [0.3, 0.4) is 0 Å². The molecule has 0 saturated carbocycles. The van der Waals surface area contributed by atoms with E-state index in [-0.39, 0.29) is 36.4 Å². The van der Waals surface area contributed by atoms with E-state index in [9.17, 15) is 24.9 Å². The van der Waals surface area contributed by atoms with E-state index in [1.807, 2.05) is 45.1 Å². The molecular weight excluding hydrogens is 520 g/mol. The van der Waals surface area contributed by atoms with Gasteiger partial charge in [0.05, 0.1) is 18.3 Å². The zero-order valence-corrected chi connectivity index (χ0v) is 26.0. The Labute approximate surface area is 247 Å². The van der Waals surface area contributed by atoms with E-state index in [1.165, 1.54) is 6.08 Å². The third-order valence-corrected chi connectivity index (χ3v) is 6.91. The second-order valence-electron chi connectivity index (χ2n) is 11.6. The molecule has 1 aliphatic rings. The van der Waals surface area contributed by atoms with E-state index in [0.29, 0.717) is 25.7 Å². The van der Waals surface area contributed by atoms with Crippen molar-refractivity contribution >= 4 is 11.9 Å². The lowest BCUT2D eigenvalue weighted by Gasteiger charge is -2.24. The predicted molar refractivity (Wildman–Crippen MR) is 164 cm³/mol. The van der Waals surface area contributed by atoms with Gasteiger partial charge in [0.1, 0.15) is 12.2 Å². The Balaban J connectivity index is 2.73. The van der Waals surface area contributed by atoms with Gasteiger partial charge >= 0.3 is 11.9 Å². The van der Waals surface area contributed by atoms with E-state index < -0.39 is 24.3 Å². The smallest absolute Gasteiger partial charge is 0.331 e. The topological polar surface area (TPSA) is 113 Å². The molecule has 1 heterocycles. The molecule has 0 aromatic heterocycles. The second kappa shape index (κ2) is 19.4. The minimum absolute atomic E-state index is 0.102. The summed E-state index contributed by atoms with van der Waals surface area (Å²) in [6, 6.07) is 0. The molecule has 0 radical (unpaired) electrons. The van der Waals surface area contributed by atoms with Crippen LogP contribution in [0.5, 0.6) is 0 Å². The maximum Gasteiger partial charge on any atom is 0.331 e. The maximum atomic E-state index is 12.6. The minimum Gasteiger partial charge on any atom is -0.462 e. The Bertz CT molecular complexity index is 997. The van der Waals surface area contributed by atoms with Gasteiger partial charge in [0.25, 0.3) is 0 Å². The third-order valence-electron chi connectivity index (χ3n) is 6.91. The van der Waals surface area contributed by atoms with E-state index in [4.69, 9.17) is 9.47 Å². The van der Waals surface area contributed by atoms with Gasteiger partial charge in [0.2, 0.25) is 0 Å². The molecular formula is C34H52O7. The molecule has 0 saturated heterocycles. The monoisotopic (exact) mass is 572 g/mol. The first-order valence-corrected chi connectivity index (χ1v) is 14.8. The standard InChI is InChI=1S/C34H52O7/c1-23(2)31-15-9-8-14-27(6)32(16-11-17-33(38)40-31)41-34(39)19-18-26(5)20-24(3)12-10-13-25(4)21-29(36)30(37)22-28(7)35/h8-10,12-13,18-21,23,27-32,35-37H,11,14-17,22H2,1-7H3/b9-8-,13-10+,19-18+,24-12+,25-21+,26-20+/t27-,28-,29+,30-,31+,32-/m0/s1. The van der Waals surface area contributed by atoms with Gasteiger partial charge in [0, 0.05) is 25.3 Å². The number of aliphatic hydroxyl groups excluding tert-OH is 3. The van der Waals surface area contributed by atoms with Crippen molar-refractivity contribution in [3.63, 3.8) is 0 Å². The van der Waals surface area contributed by atoms with Crippen LogP contribution in [0.2, 0.25) is 0 Å². The van der Waals surface area contributed by atoms with E-state index in [1.54, 1.807) is 19.1 Å². The van der Waals surface area contributed by atoms with E-state index >= 15 is 0 Å². The summed E-state index contributed by atoms with van der Waals surface area (Å²) >= 11 is 0. The fourth-order valence-corrected chi connectivity index (χ4v) is 4.40. The highest BCUT2D eigenvalue weighted by molar-refractivity contribution is 5.82. The van der Waals surface area contributed by atoms with Crippen LogP contribution in [0.1, 0.15) is 87.0 Å². The Hall–Kier alpha value is -2.74. The molecule has 0 amide bonds. The molecule has 230 valence electrons. The lowest BCUT2D eigenvalue weighted by atomic mass is 9.94. The van der Waals surface area contributed by atoms with Crippen LogP contribution in [0.15, 0.2) is 71.4 Å². The van der Waals surface area contributed by atoms with Crippen LogP contribution in [-0.4, -0.2) is 57.8 Å². The summed E-state index contributed by atoms with van der Waals surface area (Å²) < 4.78 is 11.4. The number of rotatable bonds is 11. The highest BCUT2D eigenvalue weighted by atomic mass is 16.5. The number of esters is 2. The summed E-state index contributed by atoms with van der Waals surface area (Å²) in [4.78, 5) is 24.9. The Morgan fingerprint density at radius 2 is 1.71 bits per heavy atom. The first-order chi connectivity index (χ1) is 19.3. The Kier molecular flexibility index (Phi) is 17.2. The molecule has 0 spiro atoms. The van der Waals surface area contributed by atoms with Gasteiger partial charge in [-0.1, -0.05) is 86.1 Å². The SMILES string of the molecule is CC(=C\C=C\C(C)=C\[C@@H](O)[C@@H](O)C[C@H](C)O)/C=C(C)/C=C/C(=O)O[C@H]1CCCC(=O)O[C@@H](C(C)C)C/C=C\C[C@@H]1C. The summed E-state index contributed by atoms with van der Waals surface area (Å²) in [6.07, 6.45) is 16.3. The largest absolute Gasteiger partial charge is 0.462 e. The van der Waals surface area contributed by atoms with Crippen molar-refractivity contribution in [2.75, 3.05) is 0 Å². The Morgan fingerprint density at radius 1 is 1.02 bits per heavy atom. The molecule has 3 N–H and O–H groups in total. The van der Waals surface area contributed by atoms with Gasteiger partial charge < -0.3 is 24.8 Å². The molecule has 0 aromatic rings. The van der Waals surface area contributed by atoms with Crippen LogP contribution in [0, 0.1) is 11.8 Å². The number of cyclic esters (lactones) is 1. The van der Waals surface area contributed by atoms with Crippen LogP contribution in [-0.2, 0) is 19.1 Å². The molecule has 0 fully saturated rings. The van der Waals surface area contributed by atoms with Crippen LogP contribution >= 0.6 is 0 Å². The molecule has 0 aromatic carbocycles. The zero-order chi connectivity index (χ0) is 30.9. The molecule has 6 atom stereocenters. The first kappa shape index (κ1) is 36.3. The maximum absolute atomic E-state index is 12.6. The number of hydrogen-bond donors (Lipinski definition) is 3. The molecule has 1 aliphatic heterocycles. The van der Waals surface area contributed by atoms with E-state index in [2.05, 4.69) is 32.9 Å². The van der Waals surface area contributed by atoms with Crippen molar-refractivity contribution in [2.45, 2.75) is 118 Å². The average molecular weight is 573 g/mol. The van der Waals surface area contributed by atoms with Gasteiger partial charge in [-0.15, -0.1) is 0 Å². The molecule has 7 heteroatoms. The summed E-state index contributed by atoms with van der Waals surface area (Å²) in [5.74, 6) is -0.228. The van der Waals surface area contributed by atoms with Crippen molar-refractivity contribution in [1.29, 1.82) is 0 Å². The van der Waals surface area contributed by atoms with Crippen molar-refractivity contribution in [2.24, 2.45) is 11.8 Å². The molecule has 0 aliphatic carbocycles. The fraction of sp³-hybridized carbons (Fsp3) is 0.588. The summed E-state index contributed by atoms with van der Waals surface area (Å²) in [7, 11) is 0. The van der Waals surface area contributed by atoms with Gasteiger partial charge in [-0.2, -0.15) is 0 Å². The lowest BCUT2D eigenvalue weighted by Crippen LogP contribution is -2.27. The molecule has 7 nitrogen and oxygen atoms in total. The van der Waals surface area contributed by atoms with Gasteiger partial charge in [-0.3, -0.25) is 4.79 Å². The molecule has 1 rings (SSSR count). The highest BCUT2D eigenvalue weighted by Gasteiger charge is 2.23. The van der Waals surface area contributed by atoms with Crippen LogP contribution in [0.4, 0.5) is 0 Å². The number of carbonyl (C=O) groups excluding carboxylic acids is 2. The fourth-order valence-electron chi connectivity index (χ4n) is 4.40. The van der Waals surface area contributed by atoms with Crippen LogP contribution in [0.25, 0.3) is 0 Å². The predicted octanol–water partition coefficient (Wildman–Crippen LogP) is 6.07. The minimum atomic E-state index is -1.05. The average Bonchev–Trinajstić information content (AvgIpc) is 2.87. The van der Waals surface area contributed by atoms with E-state index in [0.717, 1.165) is 23.1 Å². The first-order valence-electron chi connectivity index (χ1n) is 14.8. The molecule has 41 heavy (non-hydrogen) atoms. The zero-order valence-electron chi connectivity index (χ0n) is 26.0.